The van der Waals surface area contributed by atoms with Crippen molar-refractivity contribution in [2.45, 2.75) is 6.92 Å². The Hall–Kier alpha value is -1.25. The molecule has 60 valence electrons. The lowest BCUT2D eigenvalue weighted by Crippen LogP contribution is -2.16. The third-order valence-electron chi connectivity index (χ3n) is 1.87. The SMILES string of the molecule is Cc1cnc2c(c1)NCN2C.[HH]. The second-order valence-electron chi connectivity index (χ2n) is 2.92. The average molecular weight is 151 g/mol. The maximum absolute atomic E-state index is 4.30. The summed E-state index contributed by atoms with van der Waals surface area (Å²) in [5.74, 6) is 1.05. The first-order valence-electron chi connectivity index (χ1n) is 3.69. The summed E-state index contributed by atoms with van der Waals surface area (Å²) in [6, 6.07) is 2.12. The molecule has 11 heavy (non-hydrogen) atoms. The standard InChI is InChI=1S/C8H11N3.H2/c1-6-3-7-8(9-4-6)11(2)5-10-7;/h3-4,10H,5H2,1-2H3;1H. The molecule has 0 aromatic carbocycles. The molecule has 1 aromatic rings. The number of hydrogen-bond donors (Lipinski definition) is 1. The number of aromatic nitrogens is 1. The molecule has 0 amide bonds. The fourth-order valence-electron chi connectivity index (χ4n) is 1.27. The lowest BCUT2D eigenvalue weighted by Gasteiger charge is -2.07. The Morgan fingerprint density at radius 1 is 1.73 bits per heavy atom. The Labute approximate surface area is 67.5 Å². The fourth-order valence-corrected chi connectivity index (χ4v) is 1.27. The van der Waals surface area contributed by atoms with Gasteiger partial charge in [-0.25, -0.2) is 4.98 Å². The molecule has 1 aliphatic rings. The molecule has 2 rings (SSSR count). The second-order valence-corrected chi connectivity index (χ2v) is 2.92. The molecule has 1 aliphatic heterocycles. The van der Waals surface area contributed by atoms with Gasteiger partial charge in [-0.1, -0.05) is 0 Å². The van der Waals surface area contributed by atoms with Crippen LogP contribution in [-0.2, 0) is 0 Å². The van der Waals surface area contributed by atoms with Crippen molar-refractivity contribution in [1.29, 1.82) is 0 Å². The van der Waals surface area contributed by atoms with E-state index in [1.54, 1.807) is 0 Å². The molecule has 0 unspecified atom stereocenters. The average Bonchev–Trinajstić information content (AvgIpc) is 2.32. The van der Waals surface area contributed by atoms with Crippen molar-refractivity contribution in [1.82, 2.24) is 4.98 Å². The second kappa shape index (κ2) is 2.12. The van der Waals surface area contributed by atoms with Gasteiger partial charge in [-0.05, 0) is 18.6 Å². The van der Waals surface area contributed by atoms with E-state index in [0.717, 1.165) is 18.2 Å². The molecule has 1 N–H and O–H groups in total. The quantitative estimate of drug-likeness (QED) is 0.608. The highest BCUT2D eigenvalue weighted by atomic mass is 15.3. The molecule has 0 saturated carbocycles. The van der Waals surface area contributed by atoms with E-state index in [1.807, 2.05) is 20.2 Å². The van der Waals surface area contributed by atoms with Gasteiger partial charge in [0.1, 0.15) is 0 Å². The van der Waals surface area contributed by atoms with Gasteiger partial charge in [0.05, 0.1) is 12.4 Å². The minimum absolute atomic E-state index is 0. The van der Waals surface area contributed by atoms with E-state index in [9.17, 15) is 0 Å². The highest BCUT2D eigenvalue weighted by molar-refractivity contribution is 5.70. The van der Waals surface area contributed by atoms with E-state index in [4.69, 9.17) is 0 Å². The van der Waals surface area contributed by atoms with Gasteiger partial charge in [0.2, 0.25) is 0 Å². The normalized spacial score (nSPS) is 14.5. The smallest absolute Gasteiger partial charge is 0.153 e. The summed E-state index contributed by atoms with van der Waals surface area (Å²) in [7, 11) is 2.03. The Kier molecular flexibility index (Phi) is 1.24. The summed E-state index contributed by atoms with van der Waals surface area (Å²) >= 11 is 0. The number of pyridine rings is 1. The van der Waals surface area contributed by atoms with Crippen LogP contribution in [0.15, 0.2) is 12.3 Å². The van der Waals surface area contributed by atoms with Crippen molar-refractivity contribution in [2.24, 2.45) is 0 Å². The number of anilines is 2. The van der Waals surface area contributed by atoms with Gasteiger partial charge in [0, 0.05) is 14.7 Å². The van der Waals surface area contributed by atoms with Crippen LogP contribution in [0, 0.1) is 6.92 Å². The van der Waals surface area contributed by atoms with Gasteiger partial charge in [0.15, 0.2) is 5.82 Å². The third-order valence-corrected chi connectivity index (χ3v) is 1.87. The summed E-state index contributed by atoms with van der Waals surface area (Å²) in [5, 5.41) is 3.25. The molecule has 0 atom stereocenters. The van der Waals surface area contributed by atoms with Gasteiger partial charge in [-0.2, -0.15) is 0 Å². The maximum Gasteiger partial charge on any atom is 0.153 e. The van der Waals surface area contributed by atoms with E-state index in [1.165, 1.54) is 5.56 Å². The topological polar surface area (TPSA) is 28.2 Å². The van der Waals surface area contributed by atoms with Gasteiger partial charge in [0.25, 0.3) is 0 Å². The first-order valence-corrected chi connectivity index (χ1v) is 3.69. The van der Waals surface area contributed by atoms with Crippen molar-refractivity contribution in [3.63, 3.8) is 0 Å². The first-order chi connectivity index (χ1) is 5.27. The maximum atomic E-state index is 4.30. The minimum Gasteiger partial charge on any atom is -0.365 e. The highest BCUT2D eigenvalue weighted by Gasteiger charge is 2.15. The molecular formula is C8H13N3. The molecule has 1 aromatic heterocycles. The number of nitrogens with zero attached hydrogens (tertiary/aromatic N) is 2. The van der Waals surface area contributed by atoms with Crippen LogP contribution in [0.25, 0.3) is 0 Å². The van der Waals surface area contributed by atoms with E-state index in [2.05, 4.69) is 21.3 Å². The van der Waals surface area contributed by atoms with E-state index in [-0.39, 0.29) is 1.43 Å². The summed E-state index contributed by atoms with van der Waals surface area (Å²) in [6.07, 6.45) is 1.89. The predicted octanol–water partition coefficient (Wildman–Crippen LogP) is 1.46. The largest absolute Gasteiger partial charge is 0.365 e. The number of aryl methyl sites for hydroxylation is 1. The third kappa shape index (κ3) is 0.926. The molecule has 0 aliphatic carbocycles. The molecule has 0 radical (unpaired) electrons. The summed E-state index contributed by atoms with van der Waals surface area (Å²) in [5.41, 5.74) is 2.35. The lowest BCUT2D eigenvalue weighted by atomic mass is 10.3. The fraction of sp³-hybridized carbons (Fsp3) is 0.375. The molecular weight excluding hydrogens is 138 g/mol. The number of rotatable bonds is 0. The Bertz CT molecular complexity index is 288. The molecule has 3 heteroatoms. The van der Waals surface area contributed by atoms with Crippen LogP contribution in [0.4, 0.5) is 11.5 Å². The summed E-state index contributed by atoms with van der Waals surface area (Å²) in [4.78, 5) is 6.40. The molecule has 3 nitrogen and oxygen atoms in total. The van der Waals surface area contributed by atoms with E-state index in [0.29, 0.717) is 0 Å². The zero-order valence-corrected chi connectivity index (χ0v) is 6.76. The van der Waals surface area contributed by atoms with Crippen molar-refractivity contribution in [3.05, 3.63) is 17.8 Å². The highest BCUT2D eigenvalue weighted by Crippen LogP contribution is 2.27. The van der Waals surface area contributed by atoms with Crippen LogP contribution in [0.2, 0.25) is 0 Å². The van der Waals surface area contributed by atoms with Crippen molar-refractivity contribution >= 4 is 11.5 Å². The zero-order chi connectivity index (χ0) is 7.84. The van der Waals surface area contributed by atoms with Gasteiger partial charge in [-0.15, -0.1) is 0 Å². The van der Waals surface area contributed by atoms with Gasteiger partial charge >= 0.3 is 0 Å². The molecule has 0 bridgehead atoms. The van der Waals surface area contributed by atoms with Crippen LogP contribution in [0.3, 0.4) is 0 Å². The van der Waals surface area contributed by atoms with Crippen molar-refractivity contribution in [3.8, 4) is 0 Å². The molecule has 2 heterocycles. The van der Waals surface area contributed by atoms with Crippen LogP contribution in [0.5, 0.6) is 0 Å². The van der Waals surface area contributed by atoms with Crippen molar-refractivity contribution < 1.29 is 1.43 Å². The van der Waals surface area contributed by atoms with Crippen LogP contribution < -0.4 is 10.2 Å². The molecule has 0 saturated heterocycles. The van der Waals surface area contributed by atoms with Gasteiger partial charge < -0.3 is 10.2 Å². The predicted molar refractivity (Wildman–Crippen MR) is 48.0 cm³/mol. The Morgan fingerprint density at radius 2 is 2.55 bits per heavy atom. The summed E-state index contributed by atoms with van der Waals surface area (Å²) < 4.78 is 0. The van der Waals surface area contributed by atoms with Crippen LogP contribution in [-0.4, -0.2) is 18.7 Å². The minimum atomic E-state index is 0. The Balaban J connectivity index is 0.000000720. The molecule has 0 fully saturated rings. The first kappa shape index (κ1) is 6.46. The van der Waals surface area contributed by atoms with Crippen molar-refractivity contribution in [2.75, 3.05) is 23.9 Å². The monoisotopic (exact) mass is 151 g/mol. The molecule has 0 spiro atoms. The zero-order valence-electron chi connectivity index (χ0n) is 6.76. The van der Waals surface area contributed by atoms with E-state index < -0.39 is 0 Å². The summed E-state index contributed by atoms with van der Waals surface area (Å²) in [6.45, 7) is 2.92. The van der Waals surface area contributed by atoms with Crippen LogP contribution >= 0.6 is 0 Å². The van der Waals surface area contributed by atoms with E-state index >= 15 is 0 Å². The Morgan fingerprint density at radius 3 is 3.36 bits per heavy atom. The number of nitrogens with one attached hydrogen (secondary N) is 1. The lowest BCUT2D eigenvalue weighted by molar-refractivity contribution is 1.01. The number of fused-ring (bicyclic) bond motifs is 1. The number of hydrogen-bond acceptors (Lipinski definition) is 3. The van der Waals surface area contributed by atoms with Gasteiger partial charge in [-0.3, -0.25) is 0 Å². The van der Waals surface area contributed by atoms with Crippen LogP contribution in [0.1, 0.15) is 6.99 Å².